The number of carbonyl (C=O) groups is 2. The standard InChI is InChI=1S/C22H43BrN2O4/c1-2-3-4-5-6-7-8-9-10-11-12-13-21(26)24-14-16-28-18-19-29-17-15-25-22(27)20-23/h2-20H2,1H3,(H,24,26)(H,25,27). The number of nitrogens with one attached hydrogen (secondary N) is 2. The van der Waals surface area contributed by atoms with Crippen LogP contribution in [0.15, 0.2) is 0 Å². The van der Waals surface area contributed by atoms with Crippen molar-refractivity contribution in [1.29, 1.82) is 0 Å². The van der Waals surface area contributed by atoms with Gasteiger partial charge in [-0.2, -0.15) is 0 Å². The van der Waals surface area contributed by atoms with Crippen molar-refractivity contribution in [2.45, 2.75) is 84.0 Å². The SMILES string of the molecule is CCCCCCCCCCCCCC(=O)NCCOCCOCCNC(=O)CBr. The third-order valence-electron chi connectivity index (χ3n) is 4.64. The van der Waals surface area contributed by atoms with E-state index in [1.807, 2.05) is 0 Å². The summed E-state index contributed by atoms with van der Waals surface area (Å²) in [6.45, 7) is 5.23. The fraction of sp³-hybridized carbons (Fsp3) is 0.909. The Morgan fingerprint density at radius 3 is 1.59 bits per heavy atom. The van der Waals surface area contributed by atoms with Crippen LogP contribution in [0.3, 0.4) is 0 Å². The first-order valence-corrected chi connectivity index (χ1v) is 12.6. The minimum Gasteiger partial charge on any atom is -0.377 e. The second kappa shape index (κ2) is 23.6. The summed E-state index contributed by atoms with van der Waals surface area (Å²) in [4.78, 5) is 22.7. The molecule has 0 aliphatic heterocycles. The van der Waals surface area contributed by atoms with Crippen LogP contribution >= 0.6 is 15.9 Å². The molecule has 0 aromatic carbocycles. The quantitative estimate of drug-likeness (QED) is 0.179. The van der Waals surface area contributed by atoms with Gasteiger partial charge in [-0.15, -0.1) is 0 Å². The van der Waals surface area contributed by atoms with Crippen LogP contribution in [0.1, 0.15) is 84.0 Å². The van der Waals surface area contributed by atoms with Gasteiger partial charge in [-0.05, 0) is 6.42 Å². The Morgan fingerprint density at radius 1 is 0.655 bits per heavy atom. The van der Waals surface area contributed by atoms with Crippen LogP contribution in [-0.2, 0) is 19.1 Å². The van der Waals surface area contributed by atoms with E-state index < -0.39 is 0 Å². The van der Waals surface area contributed by atoms with E-state index in [-0.39, 0.29) is 11.8 Å². The van der Waals surface area contributed by atoms with Crippen molar-refractivity contribution in [2.24, 2.45) is 0 Å². The van der Waals surface area contributed by atoms with E-state index in [2.05, 4.69) is 33.5 Å². The van der Waals surface area contributed by atoms with E-state index in [1.54, 1.807) is 0 Å². The van der Waals surface area contributed by atoms with Gasteiger partial charge in [-0.3, -0.25) is 9.59 Å². The van der Waals surface area contributed by atoms with Crippen LogP contribution in [-0.4, -0.2) is 56.7 Å². The minimum absolute atomic E-state index is 0.0474. The van der Waals surface area contributed by atoms with Gasteiger partial charge in [0.15, 0.2) is 0 Å². The molecule has 0 radical (unpaired) electrons. The second-order valence-electron chi connectivity index (χ2n) is 7.34. The number of amides is 2. The molecule has 0 unspecified atom stereocenters. The summed E-state index contributed by atoms with van der Waals surface area (Å²) >= 11 is 3.08. The zero-order valence-electron chi connectivity index (χ0n) is 18.4. The van der Waals surface area contributed by atoms with E-state index in [0.717, 1.165) is 12.8 Å². The molecule has 0 fully saturated rings. The predicted octanol–water partition coefficient (Wildman–Crippen LogP) is 4.35. The molecule has 0 aliphatic carbocycles. The number of hydrogen-bond donors (Lipinski definition) is 2. The Balaban J connectivity index is 3.18. The van der Waals surface area contributed by atoms with E-state index in [4.69, 9.17) is 9.47 Å². The zero-order chi connectivity index (χ0) is 21.4. The molecule has 0 aromatic rings. The number of hydrogen-bond acceptors (Lipinski definition) is 4. The van der Waals surface area contributed by atoms with Gasteiger partial charge in [0.25, 0.3) is 0 Å². The first kappa shape index (κ1) is 28.3. The van der Waals surface area contributed by atoms with Crippen molar-refractivity contribution in [2.75, 3.05) is 44.8 Å². The van der Waals surface area contributed by atoms with Gasteiger partial charge in [0, 0.05) is 19.5 Å². The fourth-order valence-electron chi connectivity index (χ4n) is 2.93. The van der Waals surface area contributed by atoms with Crippen molar-refractivity contribution in [3.63, 3.8) is 0 Å². The highest BCUT2D eigenvalue weighted by Crippen LogP contribution is 2.11. The molecule has 7 heteroatoms. The molecule has 2 amide bonds. The maximum Gasteiger partial charge on any atom is 0.230 e. The molecular weight excluding hydrogens is 436 g/mol. The summed E-state index contributed by atoms with van der Waals surface area (Å²) < 4.78 is 10.7. The Hall–Kier alpha value is -0.660. The van der Waals surface area contributed by atoms with Gasteiger partial charge in [0.2, 0.25) is 11.8 Å². The van der Waals surface area contributed by atoms with Crippen molar-refractivity contribution >= 4 is 27.7 Å². The number of unbranched alkanes of at least 4 members (excludes halogenated alkanes) is 10. The van der Waals surface area contributed by atoms with Crippen LogP contribution in [0.2, 0.25) is 0 Å². The summed E-state index contributed by atoms with van der Waals surface area (Å²) in [5.41, 5.74) is 0. The van der Waals surface area contributed by atoms with Crippen molar-refractivity contribution in [1.82, 2.24) is 10.6 Å². The molecule has 172 valence electrons. The number of halogens is 1. The minimum atomic E-state index is -0.0474. The highest BCUT2D eigenvalue weighted by Gasteiger charge is 2.01. The topological polar surface area (TPSA) is 76.7 Å². The summed E-state index contributed by atoms with van der Waals surface area (Å²) in [6, 6.07) is 0. The molecule has 0 aromatic heterocycles. The zero-order valence-corrected chi connectivity index (χ0v) is 20.0. The molecule has 29 heavy (non-hydrogen) atoms. The maximum absolute atomic E-state index is 11.8. The van der Waals surface area contributed by atoms with Gasteiger partial charge in [0.05, 0.1) is 31.8 Å². The van der Waals surface area contributed by atoms with Crippen molar-refractivity contribution in [3.05, 3.63) is 0 Å². The van der Waals surface area contributed by atoms with Gasteiger partial charge in [-0.25, -0.2) is 0 Å². The molecule has 0 heterocycles. The fourth-order valence-corrected chi connectivity index (χ4v) is 3.13. The average Bonchev–Trinajstić information content (AvgIpc) is 2.73. The second-order valence-corrected chi connectivity index (χ2v) is 7.90. The van der Waals surface area contributed by atoms with Crippen LogP contribution in [0.5, 0.6) is 0 Å². The highest BCUT2D eigenvalue weighted by molar-refractivity contribution is 9.09. The summed E-state index contributed by atoms with van der Waals surface area (Å²) in [5.74, 6) is 0.0667. The number of rotatable bonds is 22. The molecule has 0 spiro atoms. The molecule has 0 rings (SSSR count). The Morgan fingerprint density at radius 2 is 1.10 bits per heavy atom. The molecular formula is C22H43BrN2O4. The lowest BCUT2D eigenvalue weighted by Gasteiger charge is -2.08. The van der Waals surface area contributed by atoms with E-state index in [0.29, 0.717) is 51.3 Å². The number of alkyl halides is 1. The summed E-state index contributed by atoms with van der Waals surface area (Å²) in [7, 11) is 0. The van der Waals surface area contributed by atoms with Crippen molar-refractivity contribution < 1.29 is 19.1 Å². The molecule has 0 atom stereocenters. The van der Waals surface area contributed by atoms with E-state index in [9.17, 15) is 9.59 Å². The van der Waals surface area contributed by atoms with Gasteiger partial charge in [-0.1, -0.05) is 87.1 Å². The monoisotopic (exact) mass is 478 g/mol. The molecule has 0 bridgehead atoms. The van der Waals surface area contributed by atoms with Gasteiger partial charge in [0.1, 0.15) is 0 Å². The molecule has 0 saturated heterocycles. The smallest absolute Gasteiger partial charge is 0.230 e. The Labute approximate surface area is 186 Å². The lowest BCUT2D eigenvalue weighted by Crippen LogP contribution is -2.28. The largest absolute Gasteiger partial charge is 0.377 e. The van der Waals surface area contributed by atoms with Crippen molar-refractivity contribution in [3.8, 4) is 0 Å². The predicted molar refractivity (Wildman–Crippen MR) is 123 cm³/mol. The van der Waals surface area contributed by atoms with Gasteiger partial charge < -0.3 is 20.1 Å². The Bertz CT molecular complexity index is 384. The van der Waals surface area contributed by atoms with E-state index in [1.165, 1.54) is 57.8 Å². The van der Waals surface area contributed by atoms with Gasteiger partial charge >= 0.3 is 0 Å². The molecule has 2 N–H and O–H groups in total. The molecule has 6 nitrogen and oxygen atoms in total. The Kier molecular flexibility index (Phi) is 23.1. The van der Waals surface area contributed by atoms with Crippen LogP contribution < -0.4 is 10.6 Å². The highest BCUT2D eigenvalue weighted by atomic mass is 79.9. The number of ether oxygens (including phenoxy) is 2. The third-order valence-corrected chi connectivity index (χ3v) is 5.15. The summed E-state index contributed by atoms with van der Waals surface area (Å²) in [6.07, 6.45) is 14.8. The number of carbonyl (C=O) groups excluding carboxylic acids is 2. The summed E-state index contributed by atoms with van der Waals surface area (Å²) in [5, 5.41) is 5.90. The lowest BCUT2D eigenvalue weighted by atomic mass is 10.1. The molecule has 0 aliphatic rings. The van der Waals surface area contributed by atoms with E-state index >= 15 is 0 Å². The molecule has 0 saturated carbocycles. The first-order chi connectivity index (χ1) is 14.2. The first-order valence-electron chi connectivity index (χ1n) is 11.5. The van der Waals surface area contributed by atoms with Crippen LogP contribution in [0, 0.1) is 0 Å². The third kappa shape index (κ3) is 23.5. The maximum atomic E-state index is 11.8. The van der Waals surface area contributed by atoms with Crippen LogP contribution in [0.25, 0.3) is 0 Å². The normalized spacial score (nSPS) is 10.8. The van der Waals surface area contributed by atoms with Crippen LogP contribution in [0.4, 0.5) is 0 Å². The average molecular weight is 480 g/mol. The lowest BCUT2D eigenvalue weighted by molar-refractivity contribution is -0.121.